The van der Waals surface area contributed by atoms with Crippen molar-refractivity contribution in [3.05, 3.63) is 17.0 Å². The molecule has 5 heteroatoms. The molecule has 0 unspecified atom stereocenters. The molecule has 0 saturated carbocycles. The first kappa shape index (κ1) is 12.6. The van der Waals surface area contributed by atoms with E-state index in [2.05, 4.69) is 33.9 Å². The summed E-state index contributed by atoms with van der Waals surface area (Å²) in [6.07, 6.45) is 2.35. The number of hydrogen-bond acceptors (Lipinski definition) is 4. The number of halogens is 1. The van der Waals surface area contributed by atoms with Gasteiger partial charge in [0.1, 0.15) is 16.8 Å². The summed E-state index contributed by atoms with van der Waals surface area (Å²) < 4.78 is 0. The molecule has 17 heavy (non-hydrogen) atoms. The van der Waals surface area contributed by atoms with E-state index < -0.39 is 0 Å². The third-order valence-electron chi connectivity index (χ3n) is 3.39. The number of nitrogens with zero attached hydrogens (tertiary/aromatic N) is 4. The first-order valence-corrected chi connectivity index (χ1v) is 6.36. The second-order valence-corrected chi connectivity index (χ2v) is 5.13. The van der Waals surface area contributed by atoms with Crippen molar-refractivity contribution in [2.75, 3.05) is 32.1 Å². The topological polar surface area (TPSA) is 32.3 Å². The molecule has 4 nitrogen and oxygen atoms in total. The lowest BCUT2D eigenvalue weighted by Gasteiger charge is -2.35. The molecule has 1 aromatic heterocycles. The third kappa shape index (κ3) is 3.07. The number of anilines is 1. The summed E-state index contributed by atoms with van der Waals surface area (Å²) in [4.78, 5) is 13.1. The number of piperidine rings is 1. The van der Waals surface area contributed by atoms with Gasteiger partial charge in [-0.3, -0.25) is 0 Å². The summed E-state index contributed by atoms with van der Waals surface area (Å²) in [5.41, 5.74) is 0. The first-order valence-electron chi connectivity index (χ1n) is 5.99. The van der Waals surface area contributed by atoms with Crippen molar-refractivity contribution in [3.8, 4) is 0 Å². The Bertz CT molecular complexity index is 368. The Morgan fingerprint density at radius 1 is 1.35 bits per heavy atom. The molecule has 0 N–H and O–H groups in total. The Morgan fingerprint density at radius 2 is 2.00 bits per heavy atom. The van der Waals surface area contributed by atoms with Crippen molar-refractivity contribution >= 4 is 17.4 Å². The molecule has 2 heterocycles. The lowest BCUT2D eigenvalue weighted by atomic mass is 10.0. The summed E-state index contributed by atoms with van der Waals surface area (Å²) in [5, 5.41) is 0.521. The van der Waals surface area contributed by atoms with Crippen molar-refractivity contribution < 1.29 is 0 Å². The van der Waals surface area contributed by atoms with E-state index >= 15 is 0 Å². The van der Waals surface area contributed by atoms with Crippen LogP contribution in [0, 0.1) is 6.92 Å². The van der Waals surface area contributed by atoms with E-state index in [1.54, 1.807) is 0 Å². The zero-order valence-electron chi connectivity index (χ0n) is 10.6. The third-order valence-corrected chi connectivity index (χ3v) is 3.58. The molecule has 0 bridgehead atoms. The predicted molar refractivity (Wildman–Crippen MR) is 70.7 cm³/mol. The minimum Gasteiger partial charge on any atom is -0.356 e. The van der Waals surface area contributed by atoms with Crippen LogP contribution in [0.5, 0.6) is 0 Å². The molecule has 94 valence electrons. The lowest BCUT2D eigenvalue weighted by Crippen LogP contribution is -2.42. The summed E-state index contributed by atoms with van der Waals surface area (Å²) in [5.74, 6) is 1.66. The largest absolute Gasteiger partial charge is 0.356 e. The van der Waals surface area contributed by atoms with Crippen molar-refractivity contribution in [1.82, 2.24) is 14.9 Å². The fourth-order valence-corrected chi connectivity index (χ4v) is 2.49. The summed E-state index contributed by atoms with van der Waals surface area (Å²) >= 11 is 5.97. The lowest BCUT2D eigenvalue weighted by molar-refractivity contribution is 0.252. The van der Waals surface area contributed by atoms with Crippen LogP contribution < -0.4 is 4.90 Å². The normalized spacial score (nSPS) is 18.4. The van der Waals surface area contributed by atoms with Gasteiger partial charge in [0.05, 0.1) is 0 Å². The van der Waals surface area contributed by atoms with Crippen LogP contribution in [0.25, 0.3) is 0 Å². The van der Waals surface area contributed by atoms with Gasteiger partial charge >= 0.3 is 0 Å². The maximum atomic E-state index is 5.97. The SMILES string of the molecule is Cc1nc(Cl)cc(N(C)C2CCN(C)CC2)n1. The number of hydrogen-bond donors (Lipinski definition) is 0. The molecular formula is C12H19ClN4. The highest BCUT2D eigenvalue weighted by Crippen LogP contribution is 2.21. The standard InChI is InChI=1S/C12H19ClN4/c1-9-14-11(13)8-12(15-9)17(3)10-4-6-16(2)7-5-10/h8,10H,4-7H2,1-3H3. The molecule has 1 fully saturated rings. The van der Waals surface area contributed by atoms with Crippen LogP contribution in [0.4, 0.5) is 5.82 Å². The molecule has 1 saturated heterocycles. The van der Waals surface area contributed by atoms with Gasteiger partial charge < -0.3 is 9.80 Å². The molecular weight excluding hydrogens is 236 g/mol. The van der Waals surface area contributed by atoms with Gasteiger partial charge in [-0.15, -0.1) is 0 Å². The fraction of sp³-hybridized carbons (Fsp3) is 0.667. The molecule has 0 aromatic carbocycles. The van der Waals surface area contributed by atoms with E-state index in [4.69, 9.17) is 11.6 Å². The molecule has 2 rings (SSSR count). The van der Waals surface area contributed by atoms with Crippen LogP contribution >= 0.6 is 11.6 Å². The van der Waals surface area contributed by atoms with E-state index in [1.807, 2.05) is 13.0 Å². The average Bonchev–Trinajstić information content (AvgIpc) is 2.28. The quantitative estimate of drug-likeness (QED) is 0.756. The van der Waals surface area contributed by atoms with Gasteiger partial charge in [-0.25, -0.2) is 9.97 Å². The van der Waals surface area contributed by atoms with Crippen LogP contribution in [0.2, 0.25) is 5.15 Å². The number of rotatable bonds is 2. The molecule has 0 amide bonds. The van der Waals surface area contributed by atoms with Gasteiger partial charge in [0.15, 0.2) is 0 Å². The monoisotopic (exact) mass is 254 g/mol. The minimum absolute atomic E-state index is 0.521. The van der Waals surface area contributed by atoms with Crippen molar-refractivity contribution in [2.45, 2.75) is 25.8 Å². The van der Waals surface area contributed by atoms with Crippen LogP contribution in [0.3, 0.4) is 0 Å². The van der Waals surface area contributed by atoms with Crippen molar-refractivity contribution in [1.29, 1.82) is 0 Å². The zero-order chi connectivity index (χ0) is 12.4. The fourth-order valence-electron chi connectivity index (χ4n) is 2.27. The van der Waals surface area contributed by atoms with E-state index in [1.165, 1.54) is 12.8 Å². The molecule has 0 atom stereocenters. The maximum absolute atomic E-state index is 5.97. The van der Waals surface area contributed by atoms with Crippen LogP contribution in [-0.2, 0) is 0 Å². The Morgan fingerprint density at radius 3 is 2.59 bits per heavy atom. The average molecular weight is 255 g/mol. The zero-order valence-corrected chi connectivity index (χ0v) is 11.4. The van der Waals surface area contributed by atoms with Gasteiger partial charge in [0.25, 0.3) is 0 Å². The molecule has 1 aliphatic rings. The van der Waals surface area contributed by atoms with Gasteiger partial charge in [0.2, 0.25) is 0 Å². The highest BCUT2D eigenvalue weighted by Gasteiger charge is 2.21. The number of aromatic nitrogens is 2. The maximum Gasteiger partial charge on any atom is 0.134 e. The highest BCUT2D eigenvalue weighted by atomic mass is 35.5. The second kappa shape index (κ2) is 5.19. The van der Waals surface area contributed by atoms with E-state index in [-0.39, 0.29) is 0 Å². The van der Waals surface area contributed by atoms with Gasteiger partial charge in [-0.1, -0.05) is 11.6 Å². The van der Waals surface area contributed by atoms with Gasteiger partial charge in [-0.2, -0.15) is 0 Å². The Balaban J connectivity index is 2.10. The Kier molecular flexibility index (Phi) is 3.84. The second-order valence-electron chi connectivity index (χ2n) is 4.74. The Hall–Kier alpha value is -0.870. The van der Waals surface area contributed by atoms with Crippen LogP contribution in [-0.4, -0.2) is 48.1 Å². The summed E-state index contributed by atoms with van der Waals surface area (Å²) in [6, 6.07) is 2.39. The van der Waals surface area contributed by atoms with Gasteiger partial charge in [0, 0.05) is 19.2 Å². The van der Waals surface area contributed by atoms with Crippen molar-refractivity contribution in [3.63, 3.8) is 0 Å². The smallest absolute Gasteiger partial charge is 0.134 e. The summed E-state index contributed by atoms with van der Waals surface area (Å²) in [7, 11) is 4.26. The van der Waals surface area contributed by atoms with E-state index in [0.29, 0.717) is 11.2 Å². The number of likely N-dealkylation sites (tertiary alicyclic amines) is 1. The summed E-state index contributed by atoms with van der Waals surface area (Å²) in [6.45, 7) is 4.16. The number of aryl methyl sites for hydroxylation is 1. The van der Waals surface area contributed by atoms with E-state index in [9.17, 15) is 0 Å². The molecule has 0 aliphatic carbocycles. The highest BCUT2D eigenvalue weighted by molar-refractivity contribution is 6.29. The molecule has 1 aromatic rings. The minimum atomic E-state index is 0.521. The first-order chi connectivity index (χ1) is 8.06. The van der Waals surface area contributed by atoms with Crippen molar-refractivity contribution in [2.24, 2.45) is 0 Å². The molecule has 0 spiro atoms. The molecule has 0 radical (unpaired) electrons. The predicted octanol–water partition coefficient (Wildman–Crippen LogP) is 1.97. The van der Waals surface area contributed by atoms with Crippen LogP contribution in [0.1, 0.15) is 18.7 Å². The van der Waals surface area contributed by atoms with Gasteiger partial charge in [-0.05, 0) is 39.9 Å². The molecule has 1 aliphatic heterocycles. The van der Waals surface area contributed by atoms with E-state index in [0.717, 1.165) is 24.7 Å². The van der Waals surface area contributed by atoms with Crippen LogP contribution in [0.15, 0.2) is 6.07 Å². The Labute approximate surface area is 108 Å².